The van der Waals surface area contributed by atoms with Crippen molar-refractivity contribution < 1.29 is 4.79 Å². The van der Waals surface area contributed by atoms with Gasteiger partial charge in [-0.2, -0.15) is 0 Å². The first kappa shape index (κ1) is 8.31. The summed E-state index contributed by atoms with van der Waals surface area (Å²) in [6, 6.07) is 0. The van der Waals surface area contributed by atoms with E-state index in [2.05, 4.69) is 5.32 Å². The lowest BCUT2D eigenvalue weighted by Gasteiger charge is -2.27. The van der Waals surface area contributed by atoms with Gasteiger partial charge in [0.25, 0.3) is 0 Å². The van der Waals surface area contributed by atoms with Gasteiger partial charge in [0.15, 0.2) is 0 Å². The summed E-state index contributed by atoms with van der Waals surface area (Å²) in [4.78, 5) is 10.4. The summed E-state index contributed by atoms with van der Waals surface area (Å²) in [5, 5.41) is 2.74. The maximum Gasteiger partial charge on any atom is 0.126 e. The highest BCUT2D eigenvalue weighted by molar-refractivity contribution is 6.25. The second kappa shape index (κ2) is 3.56. The maximum atomic E-state index is 10.4. The van der Waals surface area contributed by atoms with Crippen LogP contribution in [0.15, 0.2) is 0 Å². The van der Waals surface area contributed by atoms with Gasteiger partial charge in [-0.1, -0.05) is 0 Å². The Morgan fingerprint density at radius 2 is 1.80 bits per heavy atom. The van der Waals surface area contributed by atoms with Crippen molar-refractivity contribution >= 4 is 29.5 Å². The molecule has 1 rings (SSSR count). The molecule has 0 saturated carbocycles. The van der Waals surface area contributed by atoms with Crippen molar-refractivity contribution in [2.45, 2.75) is 10.8 Å². The van der Waals surface area contributed by atoms with Gasteiger partial charge in [0.05, 0.1) is 10.8 Å². The third kappa shape index (κ3) is 1.62. The van der Waals surface area contributed by atoms with Gasteiger partial charge in [-0.25, -0.2) is 0 Å². The van der Waals surface area contributed by atoms with Crippen molar-refractivity contribution in [3.63, 3.8) is 0 Å². The van der Waals surface area contributed by atoms with Crippen LogP contribution in [-0.4, -0.2) is 30.1 Å². The number of piperidine rings is 1. The summed E-state index contributed by atoms with van der Waals surface area (Å²) in [6.07, 6.45) is 0.843. The van der Waals surface area contributed by atoms with Crippen molar-refractivity contribution in [2.24, 2.45) is 5.92 Å². The lowest BCUT2D eigenvalue weighted by atomic mass is 9.99. The molecule has 2 unspecified atom stereocenters. The van der Waals surface area contributed by atoms with E-state index in [1.54, 1.807) is 0 Å². The molecule has 0 aromatic heterocycles. The van der Waals surface area contributed by atoms with Crippen molar-refractivity contribution in [1.29, 1.82) is 0 Å². The minimum atomic E-state index is -0.190. The highest BCUT2D eigenvalue weighted by Gasteiger charge is 2.29. The summed E-state index contributed by atoms with van der Waals surface area (Å²) < 4.78 is 0. The van der Waals surface area contributed by atoms with Gasteiger partial charge in [-0.15, -0.1) is 23.2 Å². The molecule has 1 heterocycles. The molecule has 1 fully saturated rings. The van der Waals surface area contributed by atoms with Crippen LogP contribution in [0.2, 0.25) is 0 Å². The van der Waals surface area contributed by atoms with Gasteiger partial charge in [0.2, 0.25) is 0 Å². The fourth-order valence-corrected chi connectivity index (χ4v) is 1.79. The highest BCUT2D eigenvalue weighted by atomic mass is 35.5. The minimum absolute atomic E-state index is 0.145. The number of halogens is 2. The van der Waals surface area contributed by atoms with Crippen LogP contribution in [0.4, 0.5) is 0 Å². The molecule has 0 spiro atoms. The fourth-order valence-electron chi connectivity index (χ4n) is 1.03. The summed E-state index contributed by atoms with van der Waals surface area (Å²) in [5.41, 5.74) is 0. The summed E-state index contributed by atoms with van der Waals surface area (Å²) in [7, 11) is 0. The van der Waals surface area contributed by atoms with Crippen LogP contribution in [0.25, 0.3) is 0 Å². The molecule has 1 saturated heterocycles. The van der Waals surface area contributed by atoms with E-state index < -0.39 is 0 Å². The van der Waals surface area contributed by atoms with E-state index in [0.29, 0.717) is 13.1 Å². The third-order valence-electron chi connectivity index (χ3n) is 1.67. The van der Waals surface area contributed by atoms with E-state index in [1.807, 2.05) is 0 Å². The molecule has 1 aliphatic rings. The molecule has 1 aliphatic heterocycles. The zero-order chi connectivity index (χ0) is 7.56. The van der Waals surface area contributed by atoms with Crippen molar-refractivity contribution in [2.75, 3.05) is 13.1 Å². The van der Waals surface area contributed by atoms with Gasteiger partial charge in [0.1, 0.15) is 6.29 Å². The van der Waals surface area contributed by atoms with E-state index in [0.717, 1.165) is 6.29 Å². The van der Waals surface area contributed by atoms with Crippen LogP contribution in [0.3, 0.4) is 0 Å². The first-order valence-corrected chi connectivity index (χ1v) is 4.07. The maximum absolute atomic E-state index is 10.4. The lowest BCUT2D eigenvalue weighted by Crippen LogP contribution is -2.45. The molecule has 0 bridgehead atoms. The lowest BCUT2D eigenvalue weighted by molar-refractivity contribution is -0.111. The third-order valence-corrected chi connectivity index (χ3v) is 2.56. The first-order valence-electron chi connectivity index (χ1n) is 3.20. The van der Waals surface area contributed by atoms with E-state index >= 15 is 0 Å². The number of aldehydes is 1. The number of carbonyl (C=O) groups excluding carboxylic acids is 1. The molecule has 4 heteroatoms. The second-order valence-corrected chi connectivity index (χ2v) is 3.52. The Kier molecular flexibility index (Phi) is 2.96. The van der Waals surface area contributed by atoms with E-state index in [1.165, 1.54) is 0 Å². The standard InChI is InChI=1S/C6H9Cl2NO/c7-5-1-9-2-6(8)4(5)3-10/h3-6,9H,1-2H2. The summed E-state index contributed by atoms with van der Waals surface area (Å²) in [6.45, 7) is 1.35. The number of rotatable bonds is 1. The van der Waals surface area contributed by atoms with Crippen LogP contribution in [-0.2, 0) is 4.79 Å². The summed E-state index contributed by atoms with van der Waals surface area (Å²) in [5.74, 6) is -0.190. The van der Waals surface area contributed by atoms with Gasteiger partial charge in [0, 0.05) is 19.0 Å². The first-order chi connectivity index (χ1) is 4.75. The van der Waals surface area contributed by atoms with Gasteiger partial charge in [-0.05, 0) is 0 Å². The van der Waals surface area contributed by atoms with Gasteiger partial charge < -0.3 is 10.1 Å². The number of hydrogen-bond donors (Lipinski definition) is 1. The predicted octanol–water partition coefficient (Wildman–Crippen LogP) is 0.619. The van der Waals surface area contributed by atoms with E-state index in [4.69, 9.17) is 23.2 Å². The number of nitrogens with one attached hydrogen (secondary N) is 1. The largest absolute Gasteiger partial charge is 0.314 e. The Morgan fingerprint density at radius 1 is 1.30 bits per heavy atom. The van der Waals surface area contributed by atoms with Crippen molar-refractivity contribution in [3.05, 3.63) is 0 Å². The van der Waals surface area contributed by atoms with E-state index in [9.17, 15) is 4.79 Å². The Hall–Kier alpha value is 0.210. The average molecular weight is 182 g/mol. The average Bonchev–Trinajstić information content (AvgIpc) is 1.88. The number of hydrogen-bond acceptors (Lipinski definition) is 2. The van der Waals surface area contributed by atoms with Crippen LogP contribution >= 0.6 is 23.2 Å². The van der Waals surface area contributed by atoms with Gasteiger partial charge in [-0.3, -0.25) is 0 Å². The molecule has 58 valence electrons. The molecule has 0 aliphatic carbocycles. The van der Waals surface area contributed by atoms with Crippen LogP contribution in [0, 0.1) is 5.92 Å². The quantitative estimate of drug-likeness (QED) is 0.475. The van der Waals surface area contributed by atoms with Crippen molar-refractivity contribution in [3.8, 4) is 0 Å². The Balaban J connectivity index is 2.53. The SMILES string of the molecule is O=CC1C(Cl)CNCC1Cl. The minimum Gasteiger partial charge on any atom is -0.314 e. The van der Waals surface area contributed by atoms with E-state index in [-0.39, 0.29) is 16.7 Å². The van der Waals surface area contributed by atoms with Crippen LogP contribution in [0.1, 0.15) is 0 Å². The zero-order valence-corrected chi connectivity index (χ0v) is 6.90. The molecule has 0 amide bonds. The van der Waals surface area contributed by atoms with Crippen molar-refractivity contribution in [1.82, 2.24) is 5.32 Å². The zero-order valence-electron chi connectivity index (χ0n) is 5.39. The highest BCUT2D eigenvalue weighted by Crippen LogP contribution is 2.20. The van der Waals surface area contributed by atoms with Gasteiger partial charge >= 0.3 is 0 Å². The molecular formula is C6H9Cl2NO. The molecule has 0 radical (unpaired) electrons. The monoisotopic (exact) mass is 181 g/mol. The number of carbonyl (C=O) groups is 1. The van der Waals surface area contributed by atoms with Crippen LogP contribution in [0.5, 0.6) is 0 Å². The Labute approximate surface area is 69.9 Å². The molecular weight excluding hydrogens is 173 g/mol. The predicted molar refractivity (Wildman–Crippen MR) is 41.7 cm³/mol. The molecule has 1 N–H and O–H groups in total. The normalized spacial score (nSPS) is 41.2. The number of alkyl halides is 2. The Morgan fingerprint density at radius 3 is 2.10 bits per heavy atom. The molecule has 0 aromatic rings. The Bertz CT molecular complexity index is 121. The second-order valence-electron chi connectivity index (χ2n) is 2.40. The summed E-state index contributed by atoms with van der Waals surface area (Å²) >= 11 is 11.6. The topological polar surface area (TPSA) is 29.1 Å². The molecule has 10 heavy (non-hydrogen) atoms. The smallest absolute Gasteiger partial charge is 0.126 e. The van der Waals surface area contributed by atoms with Crippen LogP contribution < -0.4 is 5.32 Å². The molecule has 2 atom stereocenters. The molecule has 0 aromatic carbocycles. The fraction of sp³-hybridized carbons (Fsp3) is 0.833. The molecule has 2 nitrogen and oxygen atoms in total.